The summed E-state index contributed by atoms with van der Waals surface area (Å²) in [5, 5.41) is 5.00. The minimum atomic E-state index is 0.940. The number of imidazole rings is 1. The van der Waals surface area contributed by atoms with E-state index in [9.17, 15) is 0 Å². The van der Waals surface area contributed by atoms with Crippen molar-refractivity contribution in [1.29, 1.82) is 0 Å². The predicted octanol–water partition coefficient (Wildman–Crippen LogP) is 10.3. The van der Waals surface area contributed by atoms with Gasteiger partial charge in [-0.25, -0.2) is 4.98 Å². The Bertz CT molecular complexity index is 2190. The number of rotatable bonds is 4. The highest BCUT2D eigenvalue weighted by molar-refractivity contribution is 5.91. The molecule has 0 aliphatic heterocycles. The molecular formula is C39H26N2. The van der Waals surface area contributed by atoms with Gasteiger partial charge in [0.15, 0.2) is 0 Å². The minimum Gasteiger partial charge on any atom is -0.292 e. The first-order valence-electron chi connectivity index (χ1n) is 14.0. The monoisotopic (exact) mass is 522 g/mol. The van der Waals surface area contributed by atoms with E-state index >= 15 is 0 Å². The van der Waals surface area contributed by atoms with Crippen LogP contribution in [0, 0.1) is 0 Å². The Balaban J connectivity index is 1.24. The van der Waals surface area contributed by atoms with Gasteiger partial charge in [0.2, 0.25) is 0 Å². The largest absolute Gasteiger partial charge is 0.292 e. The second-order valence-electron chi connectivity index (χ2n) is 10.5. The molecule has 0 aliphatic carbocycles. The van der Waals surface area contributed by atoms with Crippen LogP contribution in [0.4, 0.5) is 0 Å². The molecule has 0 N–H and O–H groups in total. The van der Waals surface area contributed by atoms with Crippen molar-refractivity contribution in [3.8, 4) is 39.3 Å². The van der Waals surface area contributed by atoms with E-state index < -0.39 is 0 Å². The van der Waals surface area contributed by atoms with Crippen molar-refractivity contribution in [1.82, 2.24) is 9.55 Å². The second-order valence-corrected chi connectivity index (χ2v) is 10.5. The molecule has 0 aliphatic rings. The van der Waals surface area contributed by atoms with Crippen molar-refractivity contribution < 1.29 is 0 Å². The Kier molecular flexibility index (Phi) is 5.49. The van der Waals surface area contributed by atoms with Crippen LogP contribution in [-0.4, -0.2) is 9.55 Å². The summed E-state index contributed by atoms with van der Waals surface area (Å²) in [6.07, 6.45) is 0. The molecule has 0 saturated carbocycles. The summed E-state index contributed by atoms with van der Waals surface area (Å²) in [6.45, 7) is 0. The lowest BCUT2D eigenvalue weighted by atomic mass is 10.0. The van der Waals surface area contributed by atoms with E-state index in [2.05, 4.69) is 156 Å². The number of nitrogens with zero attached hydrogens (tertiary/aromatic N) is 2. The average Bonchev–Trinajstić information content (AvgIpc) is 3.44. The van der Waals surface area contributed by atoms with Crippen LogP contribution in [0.5, 0.6) is 0 Å². The van der Waals surface area contributed by atoms with Crippen molar-refractivity contribution in [3.05, 3.63) is 158 Å². The van der Waals surface area contributed by atoms with Crippen LogP contribution in [0.3, 0.4) is 0 Å². The number of hydrogen-bond donors (Lipinski definition) is 0. The lowest BCUT2D eigenvalue weighted by Crippen LogP contribution is -1.97. The molecular weight excluding hydrogens is 496 g/mol. The Hall–Kier alpha value is -5.47. The molecule has 8 aromatic rings. The molecule has 0 amide bonds. The lowest BCUT2D eigenvalue weighted by molar-refractivity contribution is 1.10. The molecule has 0 radical (unpaired) electrons. The van der Waals surface area contributed by atoms with Gasteiger partial charge >= 0.3 is 0 Å². The first-order chi connectivity index (χ1) is 20.3. The average molecular weight is 523 g/mol. The third-order valence-corrected chi connectivity index (χ3v) is 7.98. The summed E-state index contributed by atoms with van der Waals surface area (Å²) in [4.78, 5) is 5.19. The van der Waals surface area contributed by atoms with Gasteiger partial charge in [-0.05, 0) is 80.2 Å². The molecule has 0 saturated heterocycles. The summed E-state index contributed by atoms with van der Waals surface area (Å²) in [7, 11) is 0. The highest BCUT2D eigenvalue weighted by Gasteiger charge is 2.15. The van der Waals surface area contributed by atoms with Gasteiger partial charge in [0.1, 0.15) is 5.82 Å². The van der Waals surface area contributed by atoms with Crippen LogP contribution in [0.25, 0.3) is 71.9 Å². The van der Waals surface area contributed by atoms with E-state index in [0.717, 1.165) is 28.1 Å². The molecule has 41 heavy (non-hydrogen) atoms. The number of benzene rings is 7. The Morgan fingerprint density at radius 3 is 1.54 bits per heavy atom. The second kappa shape index (κ2) is 9.62. The van der Waals surface area contributed by atoms with E-state index in [1.807, 2.05) is 6.07 Å². The number of hydrogen-bond acceptors (Lipinski definition) is 1. The summed E-state index contributed by atoms with van der Waals surface area (Å²) < 4.78 is 2.28. The van der Waals surface area contributed by atoms with Crippen LogP contribution in [-0.2, 0) is 0 Å². The molecule has 2 nitrogen and oxygen atoms in total. The standard InChI is InChI=1S/C39H26N2/c1-2-10-30(11-3-1)39-40-37-26-35(34-17-15-28-9-5-7-13-32(28)25-34)20-23-38(37)41(39)36-21-18-29(19-22-36)33-16-14-27-8-4-6-12-31(27)24-33/h1-26H. The van der Waals surface area contributed by atoms with E-state index in [1.165, 1.54) is 43.8 Å². The maximum atomic E-state index is 5.19. The van der Waals surface area contributed by atoms with Crippen molar-refractivity contribution in [2.45, 2.75) is 0 Å². The summed E-state index contributed by atoms with van der Waals surface area (Å²) in [6, 6.07) is 56.2. The van der Waals surface area contributed by atoms with Gasteiger partial charge in [0.05, 0.1) is 11.0 Å². The zero-order valence-electron chi connectivity index (χ0n) is 22.4. The van der Waals surface area contributed by atoms with E-state index in [1.54, 1.807) is 0 Å². The molecule has 0 fully saturated rings. The van der Waals surface area contributed by atoms with Gasteiger partial charge in [-0.2, -0.15) is 0 Å². The maximum absolute atomic E-state index is 5.19. The first-order valence-corrected chi connectivity index (χ1v) is 14.0. The fraction of sp³-hybridized carbons (Fsp3) is 0. The third-order valence-electron chi connectivity index (χ3n) is 7.98. The molecule has 0 bridgehead atoms. The SMILES string of the molecule is c1ccc(-c2nc3cc(-c4ccc5ccccc5c4)ccc3n2-c2ccc(-c3ccc4ccccc4c3)cc2)cc1. The minimum absolute atomic E-state index is 0.940. The third kappa shape index (κ3) is 4.18. The predicted molar refractivity (Wildman–Crippen MR) is 172 cm³/mol. The zero-order valence-corrected chi connectivity index (χ0v) is 22.4. The van der Waals surface area contributed by atoms with Gasteiger partial charge < -0.3 is 0 Å². The summed E-state index contributed by atoms with van der Waals surface area (Å²) in [5.74, 6) is 0.940. The molecule has 0 atom stereocenters. The Morgan fingerprint density at radius 1 is 0.366 bits per heavy atom. The number of aromatic nitrogens is 2. The molecule has 0 spiro atoms. The van der Waals surface area contributed by atoms with Crippen molar-refractivity contribution in [2.75, 3.05) is 0 Å². The van der Waals surface area contributed by atoms with Gasteiger partial charge in [-0.15, -0.1) is 0 Å². The topological polar surface area (TPSA) is 17.8 Å². The molecule has 7 aromatic carbocycles. The molecule has 1 heterocycles. The Labute approximate surface area is 238 Å². The van der Waals surface area contributed by atoms with Gasteiger partial charge in [-0.1, -0.05) is 121 Å². The van der Waals surface area contributed by atoms with Crippen LogP contribution < -0.4 is 0 Å². The first kappa shape index (κ1) is 23.4. The summed E-state index contributed by atoms with van der Waals surface area (Å²) in [5.41, 5.74) is 9.03. The van der Waals surface area contributed by atoms with Gasteiger partial charge in [0.25, 0.3) is 0 Å². The maximum Gasteiger partial charge on any atom is 0.145 e. The zero-order chi connectivity index (χ0) is 27.2. The summed E-state index contributed by atoms with van der Waals surface area (Å²) >= 11 is 0. The van der Waals surface area contributed by atoms with E-state index in [4.69, 9.17) is 4.98 Å². The van der Waals surface area contributed by atoms with Crippen LogP contribution in [0.2, 0.25) is 0 Å². The number of fused-ring (bicyclic) bond motifs is 3. The van der Waals surface area contributed by atoms with Crippen molar-refractivity contribution in [3.63, 3.8) is 0 Å². The normalized spacial score (nSPS) is 11.4. The molecule has 2 heteroatoms. The van der Waals surface area contributed by atoms with Gasteiger partial charge in [-0.3, -0.25) is 4.57 Å². The highest BCUT2D eigenvalue weighted by Crippen LogP contribution is 2.33. The van der Waals surface area contributed by atoms with Crippen LogP contribution in [0.15, 0.2) is 158 Å². The molecule has 1 aromatic heterocycles. The van der Waals surface area contributed by atoms with Crippen molar-refractivity contribution in [2.24, 2.45) is 0 Å². The quantitative estimate of drug-likeness (QED) is 0.225. The van der Waals surface area contributed by atoms with Crippen molar-refractivity contribution >= 4 is 32.6 Å². The fourth-order valence-electron chi connectivity index (χ4n) is 5.84. The van der Waals surface area contributed by atoms with Crippen LogP contribution >= 0.6 is 0 Å². The smallest absolute Gasteiger partial charge is 0.145 e. The fourth-order valence-corrected chi connectivity index (χ4v) is 5.84. The highest BCUT2D eigenvalue weighted by atomic mass is 15.1. The van der Waals surface area contributed by atoms with Crippen LogP contribution in [0.1, 0.15) is 0 Å². The van der Waals surface area contributed by atoms with E-state index in [0.29, 0.717) is 0 Å². The molecule has 192 valence electrons. The van der Waals surface area contributed by atoms with Gasteiger partial charge in [0, 0.05) is 11.3 Å². The molecule has 0 unspecified atom stereocenters. The molecule has 8 rings (SSSR count). The lowest BCUT2D eigenvalue weighted by Gasteiger charge is -2.11. The van der Waals surface area contributed by atoms with E-state index in [-0.39, 0.29) is 0 Å². The Morgan fingerprint density at radius 2 is 0.878 bits per heavy atom.